The fraction of sp³-hybridized carbons (Fsp3) is 0.615. The van der Waals surface area contributed by atoms with Crippen LogP contribution in [-0.2, 0) is 17.2 Å². The van der Waals surface area contributed by atoms with Gasteiger partial charge in [0.05, 0.1) is 16.5 Å². The summed E-state index contributed by atoms with van der Waals surface area (Å²) in [5.41, 5.74) is 3.36. The molecule has 1 saturated heterocycles. The molecule has 3 aliphatic heterocycles. The largest absolute Gasteiger partial charge is 0.396 e. The molecule has 2 aromatic rings. The Kier molecular flexibility index (Phi) is 5.21. The maximum atomic E-state index is 13.0. The first-order valence-corrected chi connectivity index (χ1v) is 14.4. The quantitative estimate of drug-likeness (QED) is 0.681. The van der Waals surface area contributed by atoms with Crippen LogP contribution in [0.15, 0.2) is 23.4 Å². The Bertz CT molecular complexity index is 1210. The molecule has 184 valence electrons. The lowest BCUT2D eigenvalue weighted by Gasteiger charge is -2.50. The van der Waals surface area contributed by atoms with E-state index in [2.05, 4.69) is 25.8 Å². The van der Waals surface area contributed by atoms with Crippen molar-refractivity contribution < 1.29 is 9.32 Å². The summed E-state index contributed by atoms with van der Waals surface area (Å²) in [6, 6.07) is 0. The number of aliphatic hydroxyl groups is 1. The van der Waals surface area contributed by atoms with Crippen molar-refractivity contribution in [2.45, 2.75) is 67.7 Å². The lowest BCUT2D eigenvalue weighted by molar-refractivity contribution is 0.114. The van der Waals surface area contributed by atoms with E-state index in [9.17, 15) is 9.32 Å². The van der Waals surface area contributed by atoms with Crippen molar-refractivity contribution in [1.82, 2.24) is 19.9 Å². The number of fused-ring (bicyclic) bond motifs is 1. The van der Waals surface area contributed by atoms with E-state index in [1.54, 1.807) is 0 Å². The summed E-state index contributed by atoms with van der Waals surface area (Å²) < 4.78 is 13.0. The van der Waals surface area contributed by atoms with Crippen molar-refractivity contribution in [3.8, 4) is 0 Å². The van der Waals surface area contributed by atoms with E-state index in [4.69, 9.17) is 9.97 Å². The van der Waals surface area contributed by atoms with E-state index in [1.807, 2.05) is 12.4 Å². The Morgan fingerprint density at radius 3 is 2.57 bits per heavy atom. The minimum Gasteiger partial charge on any atom is -0.396 e. The van der Waals surface area contributed by atoms with Crippen molar-refractivity contribution in [3.63, 3.8) is 0 Å². The maximum Gasteiger partial charge on any atom is 0.227 e. The predicted octanol–water partition coefficient (Wildman–Crippen LogP) is 2.84. The van der Waals surface area contributed by atoms with Crippen molar-refractivity contribution in [2.75, 3.05) is 41.8 Å². The van der Waals surface area contributed by atoms with Crippen LogP contribution in [0.3, 0.4) is 0 Å². The second-order valence-electron chi connectivity index (χ2n) is 10.7. The third-order valence-electron chi connectivity index (χ3n) is 8.85. The zero-order chi connectivity index (χ0) is 23.6. The van der Waals surface area contributed by atoms with E-state index >= 15 is 0 Å². The van der Waals surface area contributed by atoms with Gasteiger partial charge in [0, 0.05) is 62.3 Å². The zero-order valence-corrected chi connectivity index (χ0v) is 20.8. The highest BCUT2D eigenvalue weighted by atomic mass is 32.2. The van der Waals surface area contributed by atoms with Crippen LogP contribution in [0.2, 0.25) is 0 Å². The fourth-order valence-electron chi connectivity index (χ4n) is 6.47. The van der Waals surface area contributed by atoms with E-state index in [0.717, 1.165) is 79.9 Å². The van der Waals surface area contributed by atoms with Gasteiger partial charge in [-0.15, -0.1) is 0 Å². The number of aryl methyl sites for hydroxylation is 1. The molecule has 2 saturated carbocycles. The van der Waals surface area contributed by atoms with Crippen LogP contribution in [0.25, 0.3) is 5.57 Å². The predicted molar refractivity (Wildman–Crippen MR) is 135 cm³/mol. The minimum absolute atomic E-state index is 0.0279. The van der Waals surface area contributed by atoms with Gasteiger partial charge >= 0.3 is 0 Å². The molecular formula is C26H32N6O2S. The highest BCUT2D eigenvalue weighted by Gasteiger charge is 2.53. The second kappa shape index (κ2) is 8.34. The Balaban J connectivity index is 1.18. The number of anilines is 2. The number of aliphatic hydroxyl groups excluding tert-OH is 1. The SMILES string of the molecule is O=[S@@]1CCc2nc(N3CC=C(c4ncc(C5CC5)cn4)CC3)nc(N3CC[C@@H](CO)C34CCC4)c21. The van der Waals surface area contributed by atoms with E-state index in [0.29, 0.717) is 11.7 Å². The third kappa shape index (κ3) is 3.53. The normalized spacial score (nSPS) is 27.2. The minimum atomic E-state index is -1.05. The number of hydrogen-bond acceptors (Lipinski definition) is 8. The van der Waals surface area contributed by atoms with Gasteiger partial charge in [0.15, 0.2) is 11.6 Å². The topological polar surface area (TPSA) is 95.3 Å². The lowest BCUT2D eigenvalue weighted by atomic mass is 9.69. The summed E-state index contributed by atoms with van der Waals surface area (Å²) in [4.78, 5) is 24.7. The van der Waals surface area contributed by atoms with Gasteiger partial charge in [-0.05, 0) is 62.0 Å². The van der Waals surface area contributed by atoms with E-state index in [-0.39, 0.29) is 18.1 Å². The average Bonchev–Trinajstić information content (AvgIpc) is 3.55. The summed E-state index contributed by atoms with van der Waals surface area (Å²) in [5, 5.41) is 10.1. The molecule has 5 heterocycles. The molecule has 1 spiro atoms. The number of aromatic nitrogens is 4. The van der Waals surface area contributed by atoms with Crippen LogP contribution in [0.4, 0.5) is 11.8 Å². The molecule has 0 aromatic carbocycles. The first-order valence-electron chi connectivity index (χ1n) is 13.1. The van der Waals surface area contributed by atoms with Crippen LogP contribution in [0.1, 0.15) is 67.9 Å². The van der Waals surface area contributed by atoms with Crippen molar-refractivity contribution in [1.29, 1.82) is 0 Å². The van der Waals surface area contributed by atoms with Crippen LogP contribution < -0.4 is 9.80 Å². The molecule has 2 atom stereocenters. The molecule has 0 unspecified atom stereocenters. The number of nitrogens with zero attached hydrogens (tertiary/aromatic N) is 6. The monoisotopic (exact) mass is 492 g/mol. The Hall–Kier alpha value is -2.39. The molecule has 2 aliphatic carbocycles. The third-order valence-corrected chi connectivity index (χ3v) is 10.3. The Morgan fingerprint density at radius 1 is 1.09 bits per heavy atom. The summed E-state index contributed by atoms with van der Waals surface area (Å²) in [6.07, 6.45) is 14.6. The zero-order valence-electron chi connectivity index (χ0n) is 20.0. The molecular weight excluding hydrogens is 460 g/mol. The van der Waals surface area contributed by atoms with Gasteiger partial charge in [-0.2, -0.15) is 4.98 Å². The van der Waals surface area contributed by atoms with Gasteiger partial charge in [-0.1, -0.05) is 6.08 Å². The van der Waals surface area contributed by atoms with Crippen LogP contribution >= 0.6 is 0 Å². The Morgan fingerprint density at radius 2 is 1.91 bits per heavy atom. The molecule has 5 aliphatic rings. The number of rotatable bonds is 5. The fourth-order valence-corrected chi connectivity index (χ4v) is 7.82. The highest BCUT2D eigenvalue weighted by Crippen LogP contribution is 2.52. The van der Waals surface area contributed by atoms with E-state index < -0.39 is 10.8 Å². The van der Waals surface area contributed by atoms with Gasteiger partial charge in [-0.25, -0.2) is 15.0 Å². The number of hydrogen-bond donors (Lipinski definition) is 1. The van der Waals surface area contributed by atoms with Crippen molar-refractivity contribution >= 4 is 28.1 Å². The van der Waals surface area contributed by atoms with Gasteiger partial charge in [0.2, 0.25) is 5.95 Å². The molecule has 7 rings (SSSR count). The van der Waals surface area contributed by atoms with Crippen molar-refractivity contribution in [2.24, 2.45) is 5.92 Å². The molecule has 1 N–H and O–H groups in total. The molecule has 0 amide bonds. The van der Waals surface area contributed by atoms with Crippen LogP contribution in [-0.4, -0.2) is 66.8 Å². The van der Waals surface area contributed by atoms with Gasteiger partial charge < -0.3 is 14.9 Å². The van der Waals surface area contributed by atoms with Gasteiger partial charge in [0.25, 0.3) is 0 Å². The molecule has 35 heavy (non-hydrogen) atoms. The first kappa shape index (κ1) is 21.9. The summed E-state index contributed by atoms with van der Waals surface area (Å²) >= 11 is 0. The molecule has 8 nitrogen and oxygen atoms in total. The smallest absolute Gasteiger partial charge is 0.227 e. The average molecular weight is 493 g/mol. The second-order valence-corrected chi connectivity index (χ2v) is 12.2. The van der Waals surface area contributed by atoms with Crippen LogP contribution in [0, 0.1) is 5.92 Å². The molecule has 2 aromatic heterocycles. The van der Waals surface area contributed by atoms with Crippen LogP contribution in [0.5, 0.6) is 0 Å². The molecule has 0 radical (unpaired) electrons. The molecule has 9 heteroatoms. The molecule has 0 bridgehead atoms. The van der Waals surface area contributed by atoms with E-state index in [1.165, 1.54) is 30.4 Å². The standard InChI is InChI=1S/C26H32N6O2S/c33-16-20-6-12-32(26(20)8-1-9-26)24-22-21(7-13-35(22)34)29-25(30-24)31-10-4-18(5-11-31)23-27-14-19(15-28-23)17-2-3-17/h4,14-15,17,20,33H,1-3,5-13,16H2/t20-,35+/m0/s1. The summed E-state index contributed by atoms with van der Waals surface area (Å²) in [5.74, 6) is 4.00. The van der Waals surface area contributed by atoms with Gasteiger partial charge in [0.1, 0.15) is 4.90 Å². The highest BCUT2D eigenvalue weighted by molar-refractivity contribution is 7.85. The lowest BCUT2D eigenvalue weighted by Crippen LogP contribution is -2.55. The summed E-state index contributed by atoms with van der Waals surface area (Å²) in [6.45, 7) is 2.60. The van der Waals surface area contributed by atoms with Gasteiger partial charge in [-0.3, -0.25) is 4.21 Å². The maximum absolute atomic E-state index is 13.0. The van der Waals surface area contributed by atoms with Crippen molar-refractivity contribution in [3.05, 3.63) is 35.6 Å². The molecule has 3 fully saturated rings. The summed E-state index contributed by atoms with van der Waals surface area (Å²) in [7, 11) is -1.05. The Labute approximate surface area is 208 Å². The first-order chi connectivity index (χ1) is 17.2.